The maximum Gasteiger partial charge on any atom is 0.304 e. The molecule has 5 rings (SSSR count). The fourth-order valence-electron chi connectivity index (χ4n) is 5.09. The molecule has 1 amide bonds. The van der Waals surface area contributed by atoms with E-state index in [0.29, 0.717) is 41.4 Å². The van der Waals surface area contributed by atoms with Crippen molar-refractivity contribution in [3.8, 4) is 5.75 Å². The molecule has 3 fully saturated rings. The van der Waals surface area contributed by atoms with Gasteiger partial charge in [-0.3, -0.25) is 9.69 Å². The zero-order valence-corrected chi connectivity index (χ0v) is 23.6. The van der Waals surface area contributed by atoms with Crippen LogP contribution in [0.15, 0.2) is 30.3 Å². The van der Waals surface area contributed by atoms with Gasteiger partial charge >= 0.3 is 10.2 Å². The highest BCUT2D eigenvalue weighted by molar-refractivity contribution is 7.87. The summed E-state index contributed by atoms with van der Waals surface area (Å²) in [5.74, 6) is -0.788. The van der Waals surface area contributed by atoms with E-state index in [1.165, 1.54) is 12.1 Å². The van der Waals surface area contributed by atoms with E-state index < -0.39 is 21.9 Å². The Morgan fingerprint density at radius 2 is 1.71 bits per heavy atom. The Labute approximate surface area is 233 Å². The Bertz CT molecular complexity index is 1290. The minimum Gasteiger partial charge on any atom is -0.493 e. The van der Waals surface area contributed by atoms with Crippen LogP contribution in [0.1, 0.15) is 72.5 Å². The Balaban J connectivity index is 1.20. The van der Waals surface area contributed by atoms with E-state index in [-0.39, 0.29) is 17.5 Å². The van der Waals surface area contributed by atoms with Crippen LogP contribution in [0.3, 0.4) is 0 Å². The van der Waals surface area contributed by atoms with Gasteiger partial charge in [-0.1, -0.05) is 23.2 Å². The highest BCUT2D eigenvalue weighted by atomic mass is 35.5. The van der Waals surface area contributed by atoms with Crippen LogP contribution in [0.4, 0.5) is 4.39 Å². The minimum atomic E-state index is -3.95. The lowest BCUT2D eigenvalue weighted by Crippen LogP contribution is -2.49. The molecule has 2 aliphatic heterocycles. The molecule has 3 aliphatic rings. The van der Waals surface area contributed by atoms with Gasteiger partial charge in [0.2, 0.25) is 0 Å². The molecule has 2 aromatic carbocycles. The average molecular weight is 585 g/mol. The smallest absolute Gasteiger partial charge is 0.304 e. The fraction of sp³-hybridized carbons (Fsp3) is 0.519. The van der Waals surface area contributed by atoms with E-state index in [1.54, 1.807) is 6.07 Å². The summed E-state index contributed by atoms with van der Waals surface area (Å²) in [6, 6.07) is 8.52. The van der Waals surface area contributed by atoms with Crippen molar-refractivity contribution in [2.24, 2.45) is 5.92 Å². The molecule has 1 saturated carbocycles. The van der Waals surface area contributed by atoms with Gasteiger partial charge in [0, 0.05) is 35.2 Å². The summed E-state index contributed by atoms with van der Waals surface area (Å²) in [6.45, 7) is 5.12. The SMILES string of the molecule is CC(c1cc(Cl)cc(Cl)c1)N1CCC(COc2cc(F)c(C(=O)NS(=O)(=O)N3CCC3)cc2C2CC2)CC1. The lowest BCUT2D eigenvalue weighted by Gasteiger charge is -2.36. The fourth-order valence-corrected chi connectivity index (χ4v) is 6.85. The Morgan fingerprint density at radius 3 is 2.29 bits per heavy atom. The molecule has 0 aromatic heterocycles. The number of piperidine rings is 1. The number of nitrogens with zero attached hydrogens (tertiary/aromatic N) is 2. The van der Waals surface area contributed by atoms with Gasteiger partial charge in [0.1, 0.15) is 11.6 Å². The van der Waals surface area contributed by atoms with E-state index in [2.05, 4.69) is 11.8 Å². The zero-order valence-electron chi connectivity index (χ0n) is 21.3. The molecule has 206 valence electrons. The normalized spacial score (nSPS) is 20.1. The molecule has 1 unspecified atom stereocenters. The van der Waals surface area contributed by atoms with Crippen molar-refractivity contribution < 1.29 is 22.3 Å². The molecule has 1 aliphatic carbocycles. The van der Waals surface area contributed by atoms with E-state index in [9.17, 15) is 17.6 Å². The third-order valence-corrected chi connectivity index (χ3v) is 9.70. The monoisotopic (exact) mass is 583 g/mol. The zero-order chi connectivity index (χ0) is 27.0. The number of benzene rings is 2. The number of ether oxygens (including phenoxy) is 1. The Morgan fingerprint density at radius 1 is 1.05 bits per heavy atom. The molecule has 2 heterocycles. The third-order valence-electron chi connectivity index (χ3n) is 7.78. The number of hydrogen-bond donors (Lipinski definition) is 1. The second-order valence-corrected chi connectivity index (χ2v) is 13.0. The predicted octanol–water partition coefficient (Wildman–Crippen LogP) is 5.54. The van der Waals surface area contributed by atoms with Crippen molar-refractivity contribution in [1.29, 1.82) is 0 Å². The number of rotatable bonds is 9. The van der Waals surface area contributed by atoms with Crippen LogP contribution >= 0.6 is 23.2 Å². The van der Waals surface area contributed by atoms with Crippen molar-refractivity contribution in [3.05, 3.63) is 62.9 Å². The molecule has 0 bridgehead atoms. The number of carbonyl (C=O) groups is 1. The summed E-state index contributed by atoms with van der Waals surface area (Å²) in [5, 5.41) is 1.25. The molecule has 1 N–H and O–H groups in total. The van der Waals surface area contributed by atoms with E-state index in [4.69, 9.17) is 27.9 Å². The first-order chi connectivity index (χ1) is 18.1. The summed E-state index contributed by atoms with van der Waals surface area (Å²) in [7, 11) is -3.95. The summed E-state index contributed by atoms with van der Waals surface area (Å²) in [6.07, 6.45) is 4.48. The molecular weight excluding hydrogens is 552 g/mol. The second kappa shape index (κ2) is 11.3. The van der Waals surface area contributed by atoms with Gasteiger partial charge in [-0.15, -0.1) is 0 Å². The molecule has 1 atom stereocenters. The Hall–Kier alpha value is -1.91. The van der Waals surface area contributed by atoms with Crippen LogP contribution in [-0.4, -0.2) is 56.3 Å². The third kappa shape index (κ3) is 6.28. The molecule has 0 spiro atoms. The quantitative estimate of drug-likeness (QED) is 0.419. The van der Waals surface area contributed by atoms with Gasteiger partial charge in [-0.25, -0.2) is 9.11 Å². The van der Waals surface area contributed by atoms with Crippen LogP contribution in [0.2, 0.25) is 10.0 Å². The molecule has 2 saturated heterocycles. The van der Waals surface area contributed by atoms with Gasteiger partial charge in [0.15, 0.2) is 0 Å². The van der Waals surface area contributed by atoms with Crippen molar-refractivity contribution in [2.45, 2.75) is 51.0 Å². The van der Waals surface area contributed by atoms with Gasteiger partial charge in [-0.05, 0) is 99.3 Å². The number of nitrogens with one attached hydrogen (secondary N) is 1. The summed E-state index contributed by atoms with van der Waals surface area (Å²) >= 11 is 12.4. The van der Waals surface area contributed by atoms with Crippen molar-refractivity contribution in [3.63, 3.8) is 0 Å². The first-order valence-corrected chi connectivity index (χ1v) is 15.3. The van der Waals surface area contributed by atoms with Gasteiger partial charge in [0.25, 0.3) is 5.91 Å². The van der Waals surface area contributed by atoms with Crippen LogP contribution in [0.5, 0.6) is 5.75 Å². The maximum absolute atomic E-state index is 15.0. The highest BCUT2D eigenvalue weighted by Crippen LogP contribution is 2.45. The molecular formula is C27H32Cl2FN3O4S. The highest BCUT2D eigenvalue weighted by Gasteiger charge is 2.33. The van der Waals surface area contributed by atoms with Crippen molar-refractivity contribution >= 4 is 39.3 Å². The molecule has 7 nitrogen and oxygen atoms in total. The minimum absolute atomic E-state index is 0.187. The van der Waals surface area contributed by atoms with Gasteiger partial charge in [0.05, 0.1) is 12.2 Å². The van der Waals surface area contributed by atoms with Crippen LogP contribution < -0.4 is 9.46 Å². The second-order valence-electron chi connectivity index (χ2n) is 10.5. The molecule has 11 heteroatoms. The van der Waals surface area contributed by atoms with Crippen LogP contribution in [0.25, 0.3) is 0 Å². The number of carbonyl (C=O) groups excluding carboxylic acids is 1. The lowest BCUT2D eigenvalue weighted by molar-refractivity contribution is 0.0973. The van der Waals surface area contributed by atoms with Gasteiger partial charge < -0.3 is 4.74 Å². The first-order valence-electron chi connectivity index (χ1n) is 13.1. The number of amides is 1. The predicted molar refractivity (Wildman–Crippen MR) is 146 cm³/mol. The summed E-state index contributed by atoms with van der Waals surface area (Å²) < 4.78 is 48.8. The van der Waals surface area contributed by atoms with Crippen molar-refractivity contribution in [1.82, 2.24) is 13.9 Å². The summed E-state index contributed by atoms with van der Waals surface area (Å²) in [5.41, 5.74) is 1.58. The van der Waals surface area contributed by atoms with E-state index >= 15 is 0 Å². The standard InChI is InChI=1S/C27H32Cl2FN3O4S/c1-17(20-11-21(28)13-22(29)12-20)32-9-5-18(6-10-32)16-37-26-15-25(30)24(14-23(26)19-3-4-19)27(34)31-38(35,36)33-7-2-8-33/h11-15,17-19H,2-10,16H2,1H3,(H,31,34). The lowest BCUT2D eigenvalue weighted by atomic mass is 9.95. The summed E-state index contributed by atoms with van der Waals surface area (Å²) in [4.78, 5) is 15.0. The van der Waals surface area contributed by atoms with Crippen molar-refractivity contribution in [2.75, 3.05) is 32.8 Å². The number of likely N-dealkylation sites (tertiary alicyclic amines) is 1. The molecule has 0 radical (unpaired) electrons. The first kappa shape index (κ1) is 27.6. The number of halogens is 3. The van der Waals surface area contributed by atoms with E-state index in [1.807, 2.05) is 16.9 Å². The topological polar surface area (TPSA) is 79.0 Å². The van der Waals surface area contributed by atoms with Gasteiger partial charge in [-0.2, -0.15) is 12.7 Å². The average Bonchev–Trinajstić information content (AvgIpc) is 3.65. The van der Waals surface area contributed by atoms with Crippen LogP contribution in [-0.2, 0) is 10.2 Å². The maximum atomic E-state index is 15.0. The Kier molecular flexibility index (Phi) is 8.22. The number of hydrogen-bond acceptors (Lipinski definition) is 5. The largest absolute Gasteiger partial charge is 0.493 e. The van der Waals surface area contributed by atoms with Crippen LogP contribution in [0, 0.1) is 11.7 Å². The molecule has 38 heavy (non-hydrogen) atoms. The molecule has 2 aromatic rings. The van der Waals surface area contributed by atoms with E-state index in [0.717, 1.165) is 60.6 Å².